The molecule has 0 radical (unpaired) electrons. The largest absolute Gasteiger partial charge is 0.493 e. The van der Waals surface area contributed by atoms with Gasteiger partial charge in [0, 0.05) is 31.9 Å². The summed E-state index contributed by atoms with van der Waals surface area (Å²) in [4.78, 5) is 70.6. The topological polar surface area (TPSA) is 188 Å². The first-order valence-electron chi connectivity index (χ1n) is 15.5. The van der Waals surface area contributed by atoms with Crippen LogP contribution in [-0.2, 0) is 32.0 Å². The third-order valence-electron chi connectivity index (χ3n) is 7.48. The van der Waals surface area contributed by atoms with E-state index in [-0.39, 0.29) is 37.4 Å². The Bertz CT molecular complexity index is 1520. The number of hydrogen-bond donors (Lipinski definition) is 6. The maximum atomic E-state index is 13.4. The number of rotatable bonds is 7. The highest BCUT2D eigenvalue weighted by atomic mass is 16.5. The Morgan fingerprint density at radius 3 is 2.40 bits per heavy atom. The van der Waals surface area contributed by atoms with Gasteiger partial charge in [-0.15, -0.1) is 0 Å². The molecule has 0 unspecified atom stereocenters. The van der Waals surface area contributed by atoms with E-state index in [2.05, 4.69) is 31.6 Å². The first-order chi connectivity index (χ1) is 22.7. The molecule has 1 aliphatic heterocycles. The molecule has 0 saturated heterocycles. The fraction of sp³-hybridized carbons (Fsp3) is 0.353. The van der Waals surface area contributed by atoms with Crippen molar-refractivity contribution in [2.75, 3.05) is 19.7 Å². The summed E-state index contributed by atoms with van der Waals surface area (Å²) in [6.07, 6.45) is 2.42. The summed E-state index contributed by atoms with van der Waals surface area (Å²) in [6, 6.07) is 15.4. The molecule has 13 heteroatoms. The van der Waals surface area contributed by atoms with Crippen molar-refractivity contribution in [1.82, 2.24) is 31.6 Å². The Morgan fingerprint density at radius 2 is 1.66 bits per heavy atom. The summed E-state index contributed by atoms with van der Waals surface area (Å²) >= 11 is 0. The van der Waals surface area contributed by atoms with E-state index >= 15 is 0 Å². The Morgan fingerprint density at radius 1 is 0.936 bits per heavy atom. The summed E-state index contributed by atoms with van der Waals surface area (Å²) in [7, 11) is 0. The molecular formula is C34H40N6O7. The number of amides is 5. The highest BCUT2D eigenvalue weighted by molar-refractivity contribution is 6.01. The van der Waals surface area contributed by atoms with Gasteiger partial charge in [0.2, 0.25) is 23.6 Å². The van der Waals surface area contributed by atoms with Gasteiger partial charge in [0.25, 0.3) is 5.91 Å². The van der Waals surface area contributed by atoms with Crippen molar-refractivity contribution in [3.63, 3.8) is 0 Å². The highest BCUT2D eigenvalue weighted by Crippen LogP contribution is 2.18. The van der Waals surface area contributed by atoms with Gasteiger partial charge in [-0.2, -0.15) is 0 Å². The van der Waals surface area contributed by atoms with Gasteiger partial charge >= 0.3 is 0 Å². The van der Waals surface area contributed by atoms with Crippen molar-refractivity contribution in [2.45, 2.75) is 56.8 Å². The van der Waals surface area contributed by atoms with Crippen LogP contribution in [-0.4, -0.2) is 83.6 Å². The van der Waals surface area contributed by atoms with Gasteiger partial charge in [-0.3, -0.25) is 29.0 Å². The zero-order valence-corrected chi connectivity index (χ0v) is 26.1. The van der Waals surface area contributed by atoms with Gasteiger partial charge in [0.15, 0.2) is 0 Å². The van der Waals surface area contributed by atoms with Crippen molar-refractivity contribution < 1.29 is 33.8 Å². The van der Waals surface area contributed by atoms with E-state index in [1.807, 2.05) is 42.5 Å². The Kier molecular flexibility index (Phi) is 12.8. The number of fused-ring (bicyclic) bond motifs is 1. The van der Waals surface area contributed by atoms with Crippen molar-refractivity contribution in [1.29, 1.82) is 0 Å². The van der Waals surface area contributed by atoms with Crippen LogP contribution in [0.2, 0.25) is 0 Å². The lowest BCUT2D eigenvalue weighted by Gasteiger charge is -2.26. The first kappa shape index (κ1) is 34.6. The Balaban J connectivity index is 1.57. The van der Waals surface area contributed by atoms with Gasteiger partial charge in [0.1, 0.15) is 23.9 Å². The number of para-hydroxylation sites is 1. The minimum Gasteiger partial charge on any atom is -0.493 e. The second-order valence-electron chi connectivity index (χ2n) is 11.2. The van der Waals surface area contributed by atoms with Crippen molar-refractivity contribution in [3.8, 4) is 5.75 Å². The fourth-order valence-electron chi connectivity index (χ4n) is 4.96. The van der Waals surface area contributed by atoms with Crippen LogP contribution in [0, 0.1) is 0 Å². The first-order valence-corrected chi connectivity index (χ1v) is 15.5. The Hall–Kier alpha value is -5.30. The lowest BCUT2D eigenvalue weighted by molar-refractivity contribution is -0.135. The molecule has 47 heavy (non-hydrogen) atoms. The zero-order chi connectivity index (χ0) is 33.6. The van der Waals surface area contributed by atoms with Crippen molar-refractivity contribution in [2.24, 2.45) is 0 Å². The second-order valence-corrected chi connectivity index (χ2v) is 11.2. The van der Waals surface area contributed by atoms with Crippen LogP contribution in [0.5, 0.6) is 5.75 Å². The van der Waals surface area contributed by atoms with Crippen LogP contribution in [0.25, 0.3) is 0 Å². The van der Waals surface area contributed by atoms with E-state index in [0.717, 1.165) is 11.1 Å². The zero-order valence-electron chi connectivity index (χ0n) is 26.1. The summed E-state index contributed by atoms with van der Waals surface area (Å²) in [5.41, 5.74) is 1.88. The normalized spacial score (nSPS) is 20.4. The van der Waals surface area contributed by atoms with Gasteiger partial charge < -0.3 is 36.4 Å². The fourth-order valence-corrected chi connectivity index (χ4v) is 4.96. The number of benzene rings is 2. The molecule has 4 atom stereocenters. The van der Waals surface area contributed by atoms with Crippen LogP contribution in [0.1, 0.15) is 41.3 Å². The average molecular weight is 645 g/mol. The summed E-state index contributed by atoms with van der Waals surface area (Å²) in [5, 5.41) is 23.8. The minimum absolute atomic E-state index is 0.150. The molecule has 0 spiro atoms. The lowest BCUT2D eigenvalue weighted by atomic mass is 10.0. The number of nitrogens with zero attached hydrogens (tertiary/aromatic N) is 1. The van der Waals surface area contributed by atoms with Crippen LogP contribution in [0.15, 0.2) is 79.1 Å². The number of hydrogen-bond acceptors (Lipinski definition) is 8. The SMILES string of the molecule is C[C@@H](O)[C@@H]1NC(=O)C[C@@H](C(=O)NCCc2ccncc2)NC(=O)c2ccccc2OCCCNC(=O)[C@H](Cc2ccccc2)NC1=O. The third-order valence-corrected chi connectivity index (χ3v) is 7.48. The number of carbonyl (C=O) groups excluding carboxylic acids is 5. The van der Waals surface area contributed by atoms with Crippen molar-refractivity contribution in [3.05, 3.63) is 95.8 Å². The molecule has 13 nitrogen and oxygen atoms in total. The maximum Gasteiger partial charge on any atom is 0.255 e. The van der Waals surface area contributed by atoms with E-state index in [4.69, 9.17) is 4.74 Å². The molecule has 1 aromatic heterocycles. The molecule has 1 aliphatic rings. The van der Waals surface area contributed by atoms with Crippen LogP contribution < -0.4 is 31.3 Å². The second kappa shape index (κ2) is 17.4. The molecule has 6 N–H and O–H groups in total. The predicted octanol–water partition coefficient (Wildman–Crippen LogP) is 0.421. The van der Waals surface area contributed by atoms with Gasteiger partial charge in [-0.25, -0.2) is 0 Å². The average Bonchev–Trinajstić information content (AvgIpc) is 3.06. The molecule has 5 amide bonds. The highest BCUT2D eigenvalue weighted by Gasteiger charge is 2.32. The molecule has 0 fully saturated rings. The number of aromatic nitrogens is 1. The van der Waals surface area contributed by atoms with Crippen LogP contribution in [0.4, 0.5) is 0 Å². The quantitative estimate of drug-likeness (QED) is 0.214. The van der Waals surface area contributed by atoms with E-state index in [0.29, 0.717) is 12.8 Å². The predicted molar refractivity (Wildman–Crippen MR) is 172 cm³/mol. The number of ether oxygens (including phenoxy) is 1. The maximum absolute atomic E-state index is 13.4. The third kappa shape index (κ3) is 10.6. The lowest BCUT2D eigenvalue weighted by Crippen LogP contribution is -2.58. The van der Waals surface area contributed by atoms with E-state index in [1.165, 1.54) is 13.0 Å². The molecule has 0 saturated carbocycles. The molecular weight excluding hydrogens is 604 g/mol. The molecule has 0 aliphatic carbocycles. The monoisotopic (exact) mass is 644 g/mol. The van der Waals surface area contributed by atoms with Crippen LogP contribution >= 0.6 is 0 Å². The van der Waals surface area contributed by atoms with E-state index in [1.54, 1.807) is 30.6 Å². The van der Waals surface area contributed by atoms with Gasteiger partial charge in [-0.05, 0) is 55.2 Å². The molecule has 2 aromatic carbocycles. The molecule has 3 aromatic rings. The number of carbonyl (C=O) groups is 5. The Labute approximate surface area is 272 Å². The van der Waals surface area contributed by atoms with Crippen LogP contribution in [0.3, 0.4) is 0 Å². The molecule has 248 valence electrons. The molecule has 2 heterocycles. The van der Waals surface area contributed by atoms with E-state index < -0.39 is 60.2 Å². The van der Waals surface area contributed by atoms with Gasteiger partial charge in [-0.1, -0.05) is 42.5 Å². The summed E-state index contributed by atoms with van der Waals surface area (Å²) in [5.74, 6) is -3.02. The van der Waals surface area contributed by atoms with E-state index in [9.17, 15) is 29.1 Å². The summed E-state index contributed by atoms with van der Waals surface area (Å²) in [6.45, 7) is 1.92. The number of aliphatic hydroxyl groups excluding tert-OH is 1. The molecule has 0 bridgehead atoms. The standard InChI is InChI=1S/C34H40N6O7/c1-22(41)30-34(46)39-26(20-24-8-3-2-4-9-24)32(44)36-15-7-19-47-28-11-6-5-10-25(28)31(43)38-27(21-29(42)40-30)33(45)37-18-14-23-12-16-35-17-13-23/h2-6,8-13,16-17,22,26-27,30,41H,7,14-15,18-21H2,1H3,(H,36,44)(H,37,45)(H,38,43)(H,39,46)(H,40,42)/t22-,26+,27+,30+/m1/s1. The summed E-state index contributed by atoms with van der Waals surface area (Å²) < 4.78 is 5.85. The van der Waals surface area contributed by atoms with Gasteiger partial charge in [0.05, 0.1) is 24.7 Å². The minimum atomic E-state index is -1.45. The smallest absolute Gasteiger partial charge is 0.255 e. The molecule has 4 rings (SSSR count). The number of nitrogens with one attached hydrogen (secondary N) is 5. The van der Waals surface area contributed by atoms with Crippen molar-refractivity contribution >= 4 is 29.5 Å². The number of aliphatic hydroxyl groups is 1. The number of pyridine rings is 1.